The Hall–Kier alpha value is -1.32. The molecule has 1 amide bonds. The molecule has 4 heteroatoms. The fraction of sp³-hybridized carbons (Fsp3) is 0.667. The molecule has 0 fully saturated rings. The van der Waals surface area contributed by atoms with Gasteiger partial charge >= 0.3 is 5.97 Å². The van der Waals surface area contributed by atoms with E-state index in [4.69, 9.17) is 5.11 Å². The highest BCUT2D eigenvalue weighted by Gasteiger charge is 2.35. The van der Waals surface area contributed by atoms with E-state index in [-0.39, 0.29) is 11.8 Å². The molecule has 0 aliphatic heterocycles. The van der Waals surface area contributed by atoms with E-state index >= 15 is 0 Å². The Morgan fingerprint density at radius 2 is 1.69 bits per heavy atom. The molecule has 0 heterocycles. The van der Waals surface area contributed by atoms with Crippen LogP contribution < -0.4 is 0 Å². The first-order chi connectivity index (χ1) is 7.61. The van der Waals surface area contributed by atoms with E-state index in [9.17, 15) is 9.59 Å². The quantitative estimate of drug-likeness (QED) is 0.738. The van der Waals surface area contributed by atoms with Gasteiger partial charge in [-0.15, -0.1) is 0 Å². The maximum absolute atomic E-state index is 12.1. The van der Waals surface area contributed by atoms with Crippen LogP contribution >= 0.6 is 0 Å². The lowest BCUT2D eigenvalue weighted by molar-refractivity contribution is -0.150. The summed E-state index contributed by atoms with van der Waals surface area (Å²) in [4.78, 5) is 24.9. The minimum absolute atomic E-state index is 0.0262. The van der Waals surface area contributed by atoms with Crippen LogP contribution in [0.3, 0.4) is 0 Å². The summed E-state index contributed by atoms with van der Waals surface area (Å²) in [5.41, 5.74) is 0. The lowest BCUT2D eigenvalue weighted by Gasteiger charge is -2.29. The predicted octanol–water partition coefficient (Wildman–Crippen LogP) is 1.52. The highest BCUT2D eigenvalue weighted by atomic mass is 16.4. The van der Waals surface area contributed by atoms with E-state index in [2.05, 4.69) is 0 Å². The summed E-state index contributed by atoms with van der Waals surface area (Å²) in [6.07, 6.45) is 4.77. The molecule has 16 heavy (non-hydrogen) atoms. The van der Waals surface area contributed by atoms with Crippen LogP contribution in [0.2, 0.25) is 0 Å². The van der Waals surface area contributed by atoms with Crippen molar-refractivity contribution in [2.45, 2.75) is 26.7 Å². The lowest BCUT2D eigenvalue weighted by atomic mass is 9.82. The third kappa shape index (κ3) is 2.62. The Kier molecular flexibility index (Phi) is 4.52. The van der Waals surface area contributed by atoms with Crippen molar-refractivity contribution in [3.05, 3.63) is 12.2 Å². The molecular weight excluding hydrogens is 206 g/mol. The van der Waals surface area contributed by atoms with Crippen molar-refractivity contribution < 1.29 is 14.7 Å². The number of nitrogens with zero attached hydrogens (tertiary/aromatic N) is 1. The van der Waals surface area contributed by atoms with Gasteiger partial charge in [-0.05, 0) is 26.7 Å². The van der Waals surface area contributed by atoms with E-state index in [1.54, 1.807) is 4.90 Å². The fourth-order valence-corrected chi connectivity index (χ4v) is 2.13. The van der Waals surface area contributed by atoms with Gasteiger partial charge in [0.25, 0.3) is 0 Å². The molecule has 4 nitrogen and oxygen atoms in total. The minimum atomic E-state index is -0.866. The van der Waals surface area contributed by atoms with Gasteiger partial charge in [-0.25, -0.2) is 0 Å². The van der Waals surface area contributed by atoms with E-state index in [1.807, 2.05) is 26.0 Å². The topological polar surface area (TPSA) is 57.6 Å². The number of hydrogen-bond acceptors (Lipinski definition) is 2. The summed E-state index contributed by atoms with van der Waals surface area (Å²) in [5.74, 6) is -1.84. The number of hydrogen-bond donors (Lipinski definition) is 1. The monoisotopic (exact) mass is 225 g/mol. The van der Waals surface area contributed by atoms with Crippen molar-refractivity contribution in [2.75, 3.05) is 13.1 Å². The molecule has 0 radical (unpaired) electrons. The van der Waals surface area contributed by atoms with Crippen LogP contribution in [-0.4, -0.2) is 35.0 Å². The van der Waals surface area contributed by atoms with Crippen molar-refractivity contribution in [2.24, 2.45) is 11.8 Å². The summed E-state index contributed by atoms with van der Waals surface area (Å²) in [6, 6.07) is 0. The molecular formula is C12H19NO3. The smallest absolute Gasteiger partial charge is 0.307 e. The third-order valence-electron chi connectivity index (χ3n) is 3.14. The maximum atomic E-state index is 12.1. The molecule has 0 saturated heterocycles. The second kappa shape index (κ2) is 5.68. The number of carboxylic acids is 1. The molecule has 0 saturated carbocycles. The number of allylic oxidation sites excluding steroid dienone is 2. The number of carbonyl (C=O) groups excluding carboxylic acids is 1. The van der Waals surface area contributed by atoms with Gasteiger partial charge in [0.2, 0.25) is 5.91 Å². The summed E-state index contributed by atoms with van der Waals surface area (Å²) in [5, 5.41) is 9.08. The van der Waals surface area contributed by atoms with Crippen molar-refractivity contribution in [1.29, 1.82) is 0 Å². The molecule has 1 aliphatic carbocycles. The number of carboxylic acid groups (broad SMARTS) is 1. The Balaban J connectivity index is 2.79. The van der Waals surface area contributed by atoms with E-state index in [0.717, 1.165) is 0 Å². The van der Waals surface area contributed by atoms with E-state index in [0.29, 0.717) is 25.9 Å². The average molecular weight is 225 g/mol. The molecule has 90 valence electrons. The van der Waals surface area contributed by atoms with Gasteiger partial charge in [-0.1, -0.05) is 12.2 Å². The summed E-state index contributed by atoms with van der Waals surface area (Å²) in [7, 11) is 0. The maximum Gasteiger partial charge on any atom is 0.307 e. The average Bonchev–Trinajstić information content (AvgIpc) is 2.30. The van der Waals surface area contributed by atoms with E-state index in [1.165, 1.54) is 0 Å². The standard InChI is InChI=1S/C12H19NO3/c1-3-13(4-2)11(14)9-7-5-6-8-10(9)12(15)16/h5-6,9-10H,3-4,7-8H2,1-2H3,(H,15,16)/t9-,10+/m1/s1. The molecule has 1 rings (SSSR count). The van der Waals surface area contributed by atoms with Crippen LogP contribution in [0.5, 0.6) is 0 Å². The van der Waals surface area contributed by atoms with Crippen molar-refractivity contribution in [3.8, 4) is 0 Å². The minimum Gasteiger partial charge on any atom is -0.481 e. The number of rotatable bonds is 4. The van der Waals surface area contributed by atoms with Gasteiger partial charge in [-0.3, -0.25) is 9.59 Å². The summed E-state index contributed by atoms with van der Waals surface area (Å²) < 4.78 is 0. The first kappa shape index (κ1) is 12.7. The van der Waals surface area contributed by atoms with Crippen LogP contribution in [0.15, 0.2) is 12.2 Å². The van der Waals surface area contributed by atoms with E-state index < -0.39 is 11.9 Å². The zero-order chi connectivity index (χ0) is 12.1. The second-order valence-electron chi connectivity index (χ2n) is 4.00. The van der Waals surface area contributed by atoms with Crippen LogP contribution in [0, 0.1) is 11.8 Å². The van der Waals surface area contributed by atoms with Crippen LogP contribution in [-0.2, 0) is 9.59 Å². The van der Waals surface area contributed by atoms with Crippen LogP contribution in [0.4, 0.5) is 0 Å². The molecule has 0 bridgehead atoms. The molecule has 1 aliphatic rings. The predicted molar refractivity (Wildman–Crippen MR) is 60.9 cm³/mol. The zero-order valence-corrected chi connectivity index (χ0v) is 9.85. The largest absolute Gasteiger partial charge is 0.481 e. The van der Waals surface area contributed by atoms with Crippen LogP contribution in [0.1, 0.15) is 26.7 Å². The van der Waals surface area contributed by atoms with Crippen molar-refractivity contribution in [3.63, 3.8) is 0 Å². The molecule has 0 unspecified atom stereocenters. The fourth-order valence-electron chi connectivity index (χ4n) is 2.13. The second-order valence-corrected chi connectivity index (χ2v) is 4.00. The Morgan fingerprint density at radius 1 is 1.19 bits per heavy atom. The summed E-state index contributed by atoms with van der Waals surface area (Å²) >= 11 is 0. The Labute approximate surface area is 95.9 Å². The van der Waals surface area contributed by atoms with Gasteiger partial charge < -0.3 is 10.0 Å². The third-order valence-corrected chi connectivity index (χ3v) is 3.14. The highest BCUT2D eigenvalue weighted by Crippen LogP contribution is 2.27. The Morgan fingerprint density at radius 3 is 2.12 bits per heavy atom. The van der Waals surface area contributed by atoms with Crippen molar-refractivity contribution in [1.82, 2.24) is 4.90 Å². The molecule has 0 aromatic heterocycles. The van der Waals surface area contributed by atoms with Gasteiger partial charge in [0.05, 0.1) is 11.8 Å². The number of aliphatic carboxylic acids is 1. The van der Waals surface area contributed by atoms with Gasteiger partial charge in [0.15, 0.2) is 0 Å². The van der Waals surface area contributed by atoms with Gasteiger partial charge in [0.1, 0.15) is 0 Å². The van der Waals surface area contributed by atoms with Crippen molar-refractivity contribution >= 4 is 11.9 Å². The Bertz CT molecular complexity index is 295. The highest BCUT2D eigenvalue weighted by molar-refractivity contribution is 5.85. The first-order valence-corrected chi connectivity index (χ1v) is 5.78. The molecule has 2 atom stereocenters. The zero-order valence-electron chi connectivity index (χ0n) is 9.85. The van der Waals surface area contributed by atoms with Gasteiger partial charge in [0, 0.05) is 13.1 Å². The van der Waals surface area contributed by atoms with Crippen LogP contribution in [0.25, 0.3) is 0 Å². The molecule has 0 spiro atoms. The van der Waals surface area contributed by atoms with Gasteiger partial charge in [-0.2, -0.15) is 0 Å². The SMILES string of the molecule is CCN(CC)C(=O)[C@@H]1CC=CC[C@@H]1C(=O)O. The normalized spacial score (nSPS) is 24.1. The molecule has 0 aromatic rings. The molecule has 0 aromatic carbocycles. The first-order valence-electron chi connectivity index (χ1n) is 5.78. The number of carbonyl (C=O) groups is 2. The lowest BCUT2D eigenvalue weighted by Crippen LogP contribution is -2.41. The summed E-state index contributed by atoms with van der Waals surface area (Å²) in [6.45, 7) is 5.11. The number of amides is 1. The molecule has 1 N–H and O–H groups in total.